The van der Waals surface area contributed by atoms with Gasteiger partial charge in [-0.05, 0) is 36.5 Å². The zero-order valence-electron chi connectivity index (χ0n) is 13.6. The van der Waals surface area contributed by atoms with Crippen molar-refractivity contribution in [3.05, 3.63) is 65.5 Å². The van der Waals surface area contributed by atoms with Crippen molar-refractivity contribution < 1.29 is 14.3 Å². The number of pyridine rings is 1. The quantitative estimate of drug-likeness (QED) is 0.612. The van der Waals surface area contributed by atoms with Gasteiger partial charge in [-0.25, -0.2) is 4.79 Å². The summed E-state index contributed by atoms with van der Waals surface area (Å²) >= 11 is 0. The third-order valence-corrected chi connectivity index (χ3v) is 4.54. The van der Waals surface area contributed by atoms with Crippen molar-refractivity contribution in [2.45, 2.75) is 38.0 Å². The van der Waals surface area contributed by atoms with Gasteiger partial charge in [0.15, 0.2) is 12.4 Å². The minimum absolute atomic E-state index is 0.192. The summed E-state index contributed by atoms with van der Waals surface area (Å²) in [4.78, 5) is 27.9. The minimum Gasteiger partial charge on any atom is -0.454 e. The van der Waals surface area contributed by atoms with Gasteiger partial charge >= 0.3 is 5.97 Å². The summed E-state index contributed by atoms with van der Waals surface area (Å²) in [5.41, 5.74) is 2.23. The second kappa shape index (κ2) is 7.86. The summed E-state index contributed by atoms with van der Waals surface area (Å²) in [5, 5.41) is 0. The molecule has 0 saturated heterocycles. The van der Waals surface area contributed by atoms with E-state index >= 15 is 0 Å². The molecule has 1 aromatic carbocycles. The molecule has 0 unspecified atom stereocenters. The van der Waals surface area contributed by atoms with Crippen LogP contribution in [0.4, 0.5) is 0 Å². The lowest BCUT2D eigenvalue weighted by molar-refractivity contribution is 0.0474. The molecule has 0 atom stereocenters. The van der Waals surface area contributed by atoms with Crippen molar-refractivity contribution in [1.82, 2.24) is 4.98 Å². The average molecular weight is 323 g/mol. The second-order valence-corrected chi connectivity index (χ2v) is 6.20. The highest BCUT2D eigenvalue weighted by molar-refractivity contribution is 5.99. The topological polar surface area (TPSA) is 56.3 Å². The first-order valence-electron chi connectivity index (χ1n) is 8.44. The predicted octanol–water partition coefficient (Wildman–Crippen LogP) is 4.17. The number of benzene rings is 1. The number of carbonyl (C=O) groups excluding carboxylic acids is 2. The second-order valence-electron chi connectivity index (χ2n) is 6.20. The molecular formula is C20H21NO3. The summed E-state index contributed by atoms with van der Waals surface area (Å²) in [6, 6.07) is 11.0. The van der Waals surface area contributed by atoms with Gasteiger partial charge in [0.1, 0.15) is 0 Å². The Morgan fingerprint density at radius 1 is 1.00 bits per heavy atom. The molecule has 3 rings (SSSR count). The number of rotatable bonds is 5. The van der Waals surface area contributed by atoms with Crippen molar-refractivity contribution in [2.75, 3.05) is 6.61 Å². The number of nitrogens with zero attached hydrogens (tertiary/aromatic N) is 1. The lowest BCUT2D eigenvalue weighted by Gasteiger charge is -2.22. The molecule has 0 bridgehead atoms. The molecule has 4 nitrogen and oxygen atoms in total. The Hall–Kier alpha value is -2.49. The standard InChI is InChI=1S/C20H21NO3/c22-19(14-24-20(23)18-7-4-12-21-13-18)17-10-8-16(9-11-17)15-5-2-1-3-6-15/h4,7-13,15H,1-3,5-6,14H2. The van der Waals surface area contributed by atoms with Crippen LogP contribution < -0.4 is 0 Å². The van der Waals surface area contributed by atoms with Crippen LogP contribution >= 0.6 is 0 Å². The van der Waals surface area contributed by atoms with E-state index in [0.29, 0.717) is 17.0 Å². The number of ketones is 1. The zero-order chi connectivity index (χ0) is 16.8. The van der Waals surface area contributed by atoms with E-state index in [2.05, 4.69) is 4.98 Å². The number of carbonyl (C=O) groups is 2. The van der Waals surface area contributed by atoms with Crippen LogP contribution in [0.25, 0.3) is 0 Å². The molecule has 0 amide bonds. The van der Waals surface area contributed by atoms with Crippen LogP contribution in [0.15, 0.2) is 48.8 Å². The predicted molar refractivity (Wildman–Crippen MR) is 91.1 cm³/mol. The molecule has 1 aliphatic rings. The Balaban J connectivity index is 1.56. The van der Waals surface area contributed by atoms with Crippen LogP contribution in [-0.2, 0) is 4.74 Å². The molecule has 0 N–H and O–H groups in total. The van der Waals surface area contributed by atoms with E-state index in [1.54, 1.807) is 18.3 Å². The maximum Gasteiger partial charge on any atom is 0.340 e. The van der Waals surface area contributed by atoms with E-state index in [4.69, 9.17) is 4.74 Å². The van der Waals surface area contributed by atoms with Crippen molar-refractivity contribution in [2.24, 2.45) is 0 Å². The molecule has 24 heavy (non-hydrogen) atoms. The molecule has 124 valence electrons. The lowest BCUT2D eigenvalue weighted by atomic mass is 9.84. The molecule has 0 radical (unpaired) electrons. The van der Waals surface area contributed by atoms with Crippen LogP contribution in [0.1, 0.15) is 64.3 Å². The van der Waals surface area contributed by atoms with Crippen molar-refractivity contribution in [3.8, 4) is 0 Å². The third-order valence-electron chi connectivity index (χ3n) is 4.54. The highest BCUT2D eigenvalue weighted by Crippen LogP contribution is 2.32. The SMILES string of the molecule is O=C(COC(=O)c1cccnc1)c1ccc(C2CCCCC2)cc1. The number of ether oxygens (including phenoxy) is 1. The summed E-state index contributed by atoms with van der Waals surface area (Å²) in [6.07, 6.45) is 9.37. The van der Waals surface area contributed by atoms with E-state index in [1.165, 1.54) is 43.9 Å². The maximum atomic E-state index is 12.2. The highest BCUT2D eigenvalue weighted by Gasteiger charge is 2.16. The number of aromatic nitrogens is 1. The van der Waals surface area contributed by atoms with Crippen LogP contribution in [0.3, 0.4) is 0 Å². The fourth-order valence-electron chi connectivity index (χ4n) is 3.16. The van der Waals surface area contributed by atoms with Crippen molar-refractivity contribution in [1.29, 1.82) is 0 Å². The summed E-state index contributed by atoms with van der Waals surface area (Å²) < 4.78 is 5.06. The minimum atomic E-state index is -0.532. The monoisotopic (exact) mass is 323 g/mol. The summed E-state index contributed by atoms with van der Waals surface area (Å²) in [6.45, 7) is -0.253. The molecular weight excluding hydrogens is 302 g/mol. The summed E-state index contributed by atoms with van der Waals surface area (Å²) in [7, 11) is 0. The van der Waals surface area contributed by atoms with Gasteiger partial charge in [0.05, 0.1) is 5.56 Å². The van der Waals surface area contributed by atoms with Gasteiger partial charge in [0.25, 0.3) is 0 Å². The van der Waals surface area contributed by atoms with Crippen LogP contribution in [0.5, 0.6) is 0 Å². The number of Topliss-reactive ketones (excluding diaryl/α,β-unsaturated/α-hetero) is 1. The largest absolute Gasteiger partial charge is 0.454 e. The first kappa shape index (κ1) is 16.4. The molecule has 0 aliphatic heterocycles. The fraction of sp³-hybridized carbons (Fsp3) is 0.350. The molecule has 1 aromatic heterocycles. The van der Waals surface area contributed by atoms with Gasteiger partial charge in [-0.2, -0.15) is 0 Å². The van der Waals surface area contributed by atoms with E-state index < -0.39 is 5.97 Å². The average Bonchev–Trinajstić information content (AvgIpc) is 2.67. The Morgan fingerprint density at radius 2 is 1.75 bits per heavy atom. The maximum absolute atomic E-state index is 12.2. The highest BCUT2D eigenvalue weighted by atomic mass is 16.5. The normalized spacial score (nSPS) is 15.0. The molecule has 0 spiro atoms. The van der Waals surface area contributed by atoms with Gasteiger partial charge in [-0.15, -0.1) is 0 Å². The molecule has 1 aliphatic carbocycles. The van der Waals surface area contributed by atoms with Crippen LogP contribution in [-0.4, -0.2) is 23.3 Å². The number of esters is 1. The molecule has 1 fully saturated rings. The van der Waals surface area contributed by atoms with E-state index in [0.717, 1.165) is 0 Å². The smallest absolute Gasteiger partial charge is 0.340 e. The van der Waals surface area contributed by atoms with Crippen molar-refractivity contribution >= 4 is 11.8 Å². The van der Waals surface area contributed by atoms with Crippen LogP contribution in [0, 0.1) is 0 Å². The number of hydrogen-bond donors (Lipinski definition) is 0. The first-order valence-corrected chi connectivity index (χ1v) is 8.44. The fourth-order valence-corrected chi connectivity index (χ4v) is 3.16. The van der Waals surface area contributed by atoms with Gasteiger partial charge in [0, 0.05) is 18.0 Å². The van der Waals surface area contributed by atoms with Gasteiger partial charge in [0.2, 0.25) is 0 Å². The van der Waals surface area contributed by atoms with E-state index in [-0.39, 0.29) is 12.4 Å². The molecule has 1 saturated carbocycles. The third kappa shape index (κ3) is 4.07. The number of hydrogen-bond acceptors (Lipinski definition) is 4. The van der Waals surface area contributed by atoms with E-state index in [9.17, 15) is 9.59 Å². The Morgan fingerprint density at radius 3 is 2.42 bits per heavy atom. The van der Waals surface area contributed by atoms with E-state index in [1.807, 2.05) is 24.3 Å². The van der Waals surface area contributed by atoms with Gasteiger partial charge in [-0.3, -0.25) is 9.78 Å². The Labute approximate surface area is 141 Å². The van der Waals surface area contributed by atoms with Gasteiger partial charge < -0.3 is 4.74 Å². The molecule has 1 heterocycles. The zero-order valence-corrected chi connectivity index (χ0v) is 13.6. The van der Waals surface area contributed by atoms with Crippen molar-refractivity contribution in [3.63, 3.8) is 0 Å². The van der Waals surface area contributed by atoms with Crippen LogP contribution in [0.2, 0.25) is 0 Å². The Bertz CT molecular complexity index is 689. The van der Waals surface area contributed by atoms with Gasteiger partial charge in [-0.1, -0.05) is 43.5 Å². The molecule has 4 heteroatoms. The lowest BCUT2D eigenvalue weighted by Crippen LogP contribution is -2.14. The first-order chi connectivity index (χ1) is 11.7. The Kier molecular flexibility index (Phi) is 5.36. The molecule has 2 aromatic rings. The summed E-state index contributed by atoms with van der Waals surface area (Å²) in [5.74, 6) is -0.107.